The lowest BCUT2D eigenvalue weighted by molar-refractivity contribution is 0.0788. The summed E-state index contributed by atoms with van der Waals surface area (Å²) in [4.78, 5) is 24.9. The minimum absolute atomic E-state index is 0.0849. The number of halogens is 2. The van der Waals surface area contributed by atoms with E-state index in [-0.39, 0.29) is 11.5 Å². The number of carbonyl (C=O) groups is 1. The molecule has 6 nitrogen and oxygen atoms in total. The van der Waals surface area contributed by atoms with Gasteiger partial charge >= 0.3 is 0 Å². The largest absolute Gasteiger partial charge is 0.490 e. The molecule has 0 spiro atoms. The summed E-state index contributed by atoms with van der Waals surface area (Å²) < 4.78 is 34.3. The van der Waals surface area contributed by atoms with Crippen LogP contribution in [0.4, 0.5) is 8.78 Å². The number of hydrogen-bond donors (Lipinski definition) is 0. The summed E-state index contributed by atoms with van der Waals surface area (Å²) in [6.45, 7) is 7.36. The first kappa shape index (κ1) is 23.5. The summed E-state index contributed by atoms with van der Waals surface area (Å²) in [5, 5.41) is 0. The number of benzene rings is 1. The van der Waals surface area contributed by atoms with Crippen molar-refractivity contribution in [1.29, 1.82) is 0 Å². The lowest BCUT2D eigenvalue weighted by Crippen LogP contribution is -2.41. The number of hydrogen-bond acceptors (Lipinski definition) is 5. The van der Waals surface area contributed by atoms with Crippen molar-refractivity contribution in [3.05, 3.63) is 42.0 Å². The monoisotopic (exact) mass is 458 g/mol. The van der Waals surface area contributed by atoms with Crippen LogP contribution in [-0.4, -0.2) is 70.7 Å². The van der Waals surface area contributed by atoms with E-state index in [2.05, 4.69) is 14.9 Å². The average Bonchev–Trinajstić information content (AvgIpc) is 3.32. The number of alkyl halides is 1. The zero-order chi connectivity index (χ0) is 23.4. The van der Waals surface area contributed by atoms with Crippen molar-refractivity contribution < 1.29 is 18.3 Å². The fraction of sp³-hybridized carbons (Fsp3) is 0.560. The van der Waals surface area contributed by atoms with Gasteiger partial charge in [-0.05, 0) is 70.7 Å². The Balaban J connectivity index is 1.30. The van der Waals surface area contributed by atoms with E-state index in [4.69, 9.17) is 4.74 Å². The summed E-state index contributed by atoms with van der Waals surface area (Å²) in [6.07, 6.45) is 7.04. The SMILES string of the molecule is CC(C)(F)CN1CCC(COc2cnc(-c3ccc(C(=O)N4CCCC4)c(F)c3)nc2)CC1. The number of aromatic nitrogens is 2. The molecule has 178 valence electrons. The topological polar surface area (TPSA) is 58.6 Å². The zero-order valence-corrected chi connectivity index (χ0v) is 19.4. The maximum Gasteiger partial charge on any atom is 0.256 e. The molecule has 8 heteroatoms. The number of likely N-dealkylation sites (tertiary alicyclic amines) is 2. The van der Waals surface area contributed by atoms with Crippen LogP contribution < -0.4 is 4.74 Å². The van der Waals surface area contributed by atoms with Crippen LogP contribution in [0.5, 0.6) is 5.75 Å². The second kappa shape index (κ2) is 10.1. The first-order valence-electron chi connectivity index (χ1n) is 11.7. The predicted molar refractivity (Wildman–Crippen MR) is 122 cm³/mol. The van der Waals surface area contributed by atoms with Crippen LogP contribution in [-0.2, 0) is 0 Å². The van der Waals surface area contributed by atoms with Crippen molar-refractivity contribution in [1.82, 2.24) is 19.8 Å². The third-order valence-corrected chi connectivity index (χ3v) is 6.27. The van der Waals surface area contributed by atoms with Gasteiger partial charge in [0, 0.05) is 25.2 Å². The van der Waals surface area contributed by atoms with E-state index in [0.717, 1.165) is 38.8 Å². The van der Waals surface area contributed by atoms with Gasteiger partial charge in [-0.2, -0.15) is 0 Å². The zero-order valence-electron chi connectivity index (χ0n) is 19.4. The molecule has 0 saturated carbocycles. The molecule has 0 N–H and O–H groups in total. The summed E-state index contributed by atoms with van der Waals surface area (Å²) in [7, 11) is 0. The second-order valence-electron chi connectivity index (χ2n) is 9.69. The van der Waals surface area contributed by atoms with Crippen LogP contribution in [0, 0.1) is 11.7 Å². The van der Waals surface area contributed by atoms with Gasteiger partial charge in [-0.1, -0.05) is 6.07 Å². The van der Waals surface area contributed by atoms with E-state index in [0.29, 0.717) is 49.3 Å². The molecule has 2 aromatic rings. The highest BCUT2D eigenvalue weighted by molar-refractivity contribution is 5.95. The number of rotatable bonds is 7. The molecule has 2 saturated heterocycles. The Hall–Kier alpha value is -2.61. The average molecular weight is 459 g/mol. The number of carbonyl (C=O) groups excluding carboxylic acids is 1. The molecule has 33 heavy (non-hydrogen) atoms. The Labute approximate surface area is 194 Å². The standard InChI is InChI=1S/C25H32F2N4O2/c1-25(2,27)17-30-11-7-18(8-12-30)16-33-20-14-28-23(29-15-20)19-5-6-21(22(26)13-19)24(32)31-9-3-4-10-31/h5-6,13-15,18H,3-4,7-12,16-17H2,1-2H3. The van der Waals surface area contributed by atoms with E-state index in [1.807, 2.05) is 0 Å². The van der Waals surface area contributed by atoms with Crippen LogP contribution in [0.15, 0.2) is 30.6 Å². The quantitative estimate of drug-likeness (QED) is 0.617. The molecule has 3 heterocycles. The fourth-order valence-electron chi connectivity index (χ4n) is 4.52. The van der Waals surface area contributed by atoms with Crippen LogP contribution in [0.2, 0.25) is 0 Å². The van der Waals surface area contributed by atoms with Gasteiger partial charge in [0.2, 0.25) is 0 Å². The number of ether oxygens (including phenoxy) is 1. The molecule has 1 amide bonds. The van der Waals surface area contributed by atoms with E-state index in [9.17, 15) is 13.6 Å². The maximum absolute atomic E-state index is 14.6. The van der Waals surface area contributed by atoms with Crippen LogP contribution >= 0.6 is 0 Å². The molecule has 0 unspecified atom stereocenters. The van der Waals surface area contributed by atoms with Crippen molar-refractivity contribution in [2.75, 3.05) is 39.3 Å². The molecule has 1 aromatic heterocycles. The third-order valence-electron chi connectivity index (χ3n) is 6.27. The molecule has 4 rings (SSSR count). The second-order valence-corrected chi connectivity index (χ2v) is 9.69. The van der Waals surface area contributed by atoms with Crippen LogP contribution in [0.1, 0.15) is 49.9 Å². The smallest absolute Gasteiger partial charge is 0.256 e. The van der Waals surface area contributed by atoms with E-state index in [1.165, 1.54) is 12.1 Å². The highest BCUT2D eigenvalue weighted by Gasteiger charge is 2.26. The molecule has 0 atom stereocenters. The van der Waals surface area contributed by atoms with E-state index >= 15 is 0 Å². The van der Waals surface area contributed by atoms with Gasteiger partial charge in [0.05, 0.1) is 24.6 Å². The summed E-state index contributed by atoms with van der Waals surface area (Å²) in [5.41, 5.74) is -0.573. The van der Waals surface area contributed by atoms with E-state index < -0.39 is 11.5 Å². The summed E-state index contributed by atoms with van der Waals surface area (Å²) >= 11 is 0. The Morgan fingerprint density at radius 1 is 1.12 bits per heavy atom. The highest BCUT2D eigenvalue weighted by atomic mass is 19.1. The molecule has 1 aromatic carbocycles. The molecule has 0 bridgehead atoms. The maximum atomic E-state index is 14.6. The molecule has 0 radical (unpaired) electrons. The van der Waals surface area contributed by atoms with Gasteiger partial charge in [-0.15, -0.1) is 0 Å². The Kier molecular flexibility index (Phi) is 7.22. The lowest BCUT2D eigenvalue weighted by Gasteiger charge is -2.34. The van der Waals surface area contributed by atoms with Crippen LogP contribution in [0.3, 0.4) is 0 Å². The highest BCUT2D eigenvalue weighted by Crippen LogP contribution is 2.24. The minimum Gasteiger partial charge on any atom is -0.490 e. The molecule has 0 aliphatic carbocycles. The van der Waals surface area contributed by atoms with Crippen molar-refractivity contribution in [2.24, 2.45) is 5.92 Å². The molecule has 2 aliphatic rings. The Morgan fingerprint density at radius 2 is 1.79 bits per heavy atom. The van der Waals surface area contributed by atoms with Crippen LogP contribution in [0.25, 0.3) is 11.4 Å². The van der Waals surface area contributed by atoms with Gasteiger partial charge < -0.3 is 14.5 Å². The third kappa shape index (κ3) is 6.25. The van der Waals surface area contributed by atoms with Crippen molar-refractivity contribution in [3.8, 4) is 17.1 Å². The molecular weight excluding hydrogens is 426 g/mol. The predicted octanol–water partition coefficient (Wildman–Crippen LogP) is 4.36. The summed E-state index contributed by atoms with van der Waals surface area (Å²) in [6, 6.07) is 4.50. The number of piperidine rings is 1. The fourth-order valence-corrected chi connectivity index (χ4v) is 4.52. The molecular formula is C25H32F2N4O2. The first-order chi connectivity index (χ1) is 15.8. The molecule has 2 fully saturated rings. The van der Waals surface area contributed by atoms with E-state index in [1.54, 1.807) is 37.2 Å². The number of nitrogens with zero attached hydrogens (tertiary/aromatic N) is 4. The van der Waals surface area contributed by atoms with Gasteiger partial charge in [0.1, 0.15) is 11.5 Å². The number of amides is 1. The minimum atomic E-state index is -1.17. The van der Waals surface area contributed by atoms with Gasteiger partial charge in [0.15, 0.2) is 11.6 Å². The normalized spacial score (nSPS) is 18.0. The Morgan fingerprint density at radius 3 is 2.39 bits per heavy atom. The first-order valence-corrected chi connectivity index (χ1v) is 11.7. The van der Waals surface area contributed by atoms with Gasteiger partial charge in [-0.3, -0.25) is 4.79 Å². The van der Waals surface area contributed by atoms with Crippen molar-refractivity contribution in [2.45, 2.75) is 45.2 Å². The van der Waals surface area contributed by atoms with Crippen molar-refractivity contribution >= 4 is 5.91 Å². The molecule has 2 aliphatic heterocycles. The lowest BCUT2D eigenvalue weighted by atomic mass is 9.97. The van der Waals surface area contributed by atoms with Crippen molar-refractivity contribution in [3.63, 3.8) is 0 Å². The van der Waals surface area contributed by atoms with Gasteiger partial charge in [-0.25, -0.2) is 18.7 Å². The summed E-state index contributed by atoms with van der Waals surface area (Å²) in [5.74, 6) is 0.533. The van der Waals surface area contributed by atoms with Gasteiger partial charge in [0.25, 0.3) is 5.91 Å². The Bertz CT molecular complexity index is 948.